The van der Waals surface area contributed by atoms with E-state index in [2.05, 4.69) is 15.9 Å². The lowest BCUT2D eigenvalue weighted by Crippen LogP contribution is -2.14. The van der Waals surface area contributed by atoms with E-state index in [0.717, 1.165) is 8.66 Å². The molecule has 2 heterocycles. The lowest BCUT2D eigenvalue weighted by Gasteiger charge is -2.15. The minimum atomic E-state index is 0.0470. The van der Waals surface area contributed by atoms with Crippen LogP contribution in [0.4, 0.5) is 0 Å². The van der Waals surface area contributed by atoms with Gasteiger partial charge in [0.1, 0.15) is 34.7 Å². The van der Waals surface area contributed by atoms with Crippen LogP contribution in [0.1, 0.15) is 4.88 Å². The molecule has 0 radical (unpaired) electrons. The van der Waals surface area contributed by atoms with Crippen molar-refractivity contribution in [3.63, 3.8) is 0 Å². The summed E-state index contributed by atoms with van der Waals surface area (Å²) in [4.78, 5) is 0.722. The highest BCUT2D eigenvalue weighted by Crippen LogP contribution is 2.47. The van der Waals surface area contributed by atoms with Gasteiger partial charge in [0.15, 0.2) is 11.5 Å². The van der Waals surface area contributed by atoms with E-state index in [1.54, 1.807) is 0 Å². The summed E-state index contributed by atoms with van der Waals surface area (Å²) in [6.07, 6.45) is 1.50. The first-order chi connectivity index (χ1) is 7.76. The Bertz CT molecular complexity index is 520. The maximum absolute atomic E-state index is 8.68. The molecule has 1 aromatic rings. The number of halogens is 1. The zero-order valence-corrected chi connectivity index (χ0v) is 10.4. The number of rotatable bonds is 1. The van der Waals surface area contributed by atoms with Crippen LogP contribution in [0.15, 0.2) is 9.36 Å². The predicted molar refractivity (Wildman–Crippen MR) is 62.2 cm³/mol. The molecule has 0 spiro atoms. The number of nitriles is 2. The fourth-order valence-electron chi connectivity index (χ4n) is 1.25. The minimum absolute atomic E-state index is 0.0470. The Morgan fingerprint density at radius 1 is 1.25 bits per heavy atom. The second-order valence-electron chi connectivity index (χ2n) is 2.88. The Balaban J connectivity index is 2.48. The van der Waals surface area contributed by atoms with Crippen molar-refractivity contribution in [2.24, 2.45) is 0 Å². The highest BCUT2D eigenvalue weighted by Gasteiger charge is 2.22. The topological polar surface area (TPSA) is 66.0 Å². The summed E-state index contributed by atoms with van der Waals surface area (Å²) in [5.41, 5.74) is 0.0470. The molecule has 80 valence electrons. The van der Waals surface area contributed by atoms with E-state index in [0.29, 0.717) is 24.7 Å². The van der Waals surface area contributed by atoms with Crippen molar-refractivity contribution in [1.29, 1.82) is 10.5 Å². The normalized spacial score (nSPS) is 12.4. The van der Waals surface area contributed by atoms with Crippen LogP contribution >= 0.6 is 27.3 Å². The first-order valence-corrected chi connectivity index (χ1v) is 5.97. The number of thiophene rings is 1. The molecule has 0 bridgehead atoms. The van der Waals surface area contributed by atoms with E-state index in [1.807, 2.05) is 12.1 Å². The molecule has 0 N–H and O–H groups in total. The quantitative estimate of drug-likeness (QED) is 0.747. The molecular formula is C10H5BrN2O2S. The number of hydrogen-bond donors (Lipinski definition) is 0. The van der Waals surface area contributed by atoms with Crippen LogP contribution in [0.2, 0.25) is 0 Å². The van der Waals surface area contributed by atoms with E-state index >= 15 is 0 Å². The van der Waals surface area contributed by atoms with Crippen LogP contribution in [0.3, 0.4) is 0 Å². The van der Waals surface area contributed by atoms with Crippen LogP contribution in [-0.4, -0.2) is 13.2 Å². The van der Waals surface area contributed by atoms with Crippen molar-refractivity contribution in [1.82, 2.24) is 0 Å². The van der Waals surface area contributed by atoms with E-state index < -0.39 is 0 Å². The number of nitrogens with zero attached hydrogens (tertiary/aromatic N) is 2. The van der Waals surface area contributed by atoms with Crippen LogP contribution in [0.5, 0.6) is 11.5 Å². The van der Waals surface area contributed by atoms with Gasteiger partial charge in [-0.15, -0.1) is 11.3 Å². The molecule has 0 saturated heterocycles. The van der Waals surface area contributed by atoms with Gasteiger partial charge >= 0.3 is 0 Å². The van der Waals surface area contributed by atoms with Crippen molar-refractivity contribution in [2.45, 2.75) is 0 Å². The molecule has 4 nitrogen and oxygen atoms in total. The van der Waals surface area contributed by atoms with Gasteiger partial charge in [-0.3, -0.25) is 0 Å². The Labute approximate surface area is 104 Å². The van der Waals surface area contributed by atoms with E-state index in [-0.39, 0.29) is 5.57 Å². The average Bonchev–Trinajstić information content (AvgIpc) is 2.64. The summed E-state index contributed by atoms with van der Waals surface area (Å²) >= 11 is 4.73. The highest BCUT2D eigenvalue weighted by atomic mass is 79.9. The summed E-state index contributed by atoms with van der Waals surface area (Å²) in [6, 6.07) is 3.62. The van der Waals surface area contributed by atoms with Crippen molar-refractivity contribution < 1.29 is 9.47 Å². The molecule has 0 fully saturated rings. The molecular weight excluding hydrogens is 292 g/mol. The Kier molecular flexibility index (Phi) is 3.14. The lowest BCUT2D eigenvalue weighted by atomic mass is 10.2. The van der Waals surface area contributed by atoms with E-state index in [1.165, 1.54) is 17.4 Å². The molecule has 1 aliphatic rings. The fourth-order valence-corrected chi connectivity index (χ4v) is 2.93. The number of allylic oxidation sites excluding steroid dienone is 1. The predicted octanol–water partition coefficient (Wildman–Crippen LogP) is 2.71. The van der Waals surface area contributed by atoms with Crippen LogP contribution < -0.4 is 9.47 Å². The minimum Gasteiger partial charge on any atom is -0.485 e. The first kappa shape index (κ1) is 11.0. The fraction of sp³-hybridized carbons (Fsp3) is 0.200. The van der Waals surface area contributed by atoms with Gasteiger partial charge in [-0.2, -0.15) is 10.5 Å². The van der Waals surface area contributed by atoms with Crippen LogP contribution in [-0.2, 0) is 0 Å². The second kappa shape index (κ2) is 4.56. The third-order valence-corrected chi connectivity index (χ3v) is 3.63. The molecule has 0 atom stereocenters. The number of hydrogen-bond acceptors (Lipinski definition) is 5. The van der Waals surface area contributed by atoms with Gasteiger partial charge in [0.2, 0.25) is 0 Å². The number of fused-ring (bicyclic) bond motifs is 1. The molecule has 0 aliphatic carbocycles. The van der Waals surface area contributed by atoms with Gasteiger partial charge in [-0.25, -0.2) is 0 Å². The monoisotopic (exact) mass is 296 g/mol. The maximum Gasteiger partial charge on any atom is 0.187 e. The highest BCUT2D eigenvalue weighted by molar-refractivity contribution is 9.11. The summed E-state index contributed by atoms with van der Waals surface area (Å²) in [5.74, 6) is 1.25. The van der Waals surface area contributed by atoms with Crippen molar-refractivity contribution in [3.05, 3.63) is 14.2 Å². The van der Waals surface area contributed by atoms with Crippen molar-refractivity contribution in [2.75, 3.05) is 13.2 Å². The van der Waals surface area contributed by atoms with Gasteiger partial charge in [-0.05, 0) is 22.0 Å². The molecule has 0 saturated carbocycles. The summed E-state index contributed by atoms with van der Waals surface area (Å²) < 4.78 is 11.7. The summed E-state index contributed by atoms with van der Waals surface area (Å²) in [5, 5.41) is 17.4. The van der Waals surface area contributed by atoms with E-state index in [4.69, 9.17) is 20.0 Å². The van der Waals surface area contributed by atoms with Crippen LogP contribution in [0, 0.1) is 22.7 Å². The number of ether oxygens (including phenoxy) is 2. The van der Waals surface area contributed by atoms with E-state index in [9.17, 15) is 0 Å². The molecule has 6 heteroatoms. The molecule has 2 rings (SSSR count). The third kappa shape index (κ3) is 1.90. The Morgan fingerprint density at radius 3 is 2.50 bits per heavy atom. The SMILES string of the molecule is N#CC(C#N)=Cc1sc(Br)c2c1OCCO2. The molecule has 1 aliphatic heterocycles. The zero-order chi connectivity index (χ0) is 11.5. The first-order valence-electron chi connectivity index (χ1n) is 4.36. The average molecular weight is 297 g/mol. The van der Waals surface area contributed by atoms with Gasteiger partial charge < -0.3 is 9.47 Å². The lowest BCUT2D eigenvalue weighted by molar-refractivity contribution is 0.172. The van der Waals surface area contributed by atoms with Crippen molar-refractivity contribution in [3.8, 4) is 23.6 Å². The van der Waals surface area contributed by atoms with Gasteiger partial charge in [0, 0.05) is 0 Å². The molecule has 1 aromatic heterocycles. The summed E-state index contributed by atoms with van der Waals surface area (Å²) in [6.45, 7) is 0.986. The van der Waals surface area contributed by atoms with Gasteiger partial charge in [-0.1, -0.05) is 0 Å². The standard InChI is InChI=1S/C10H5BrN2O2S/c11-10-9-8(14-1-2-15-9)7(16-10)3-6(4-12)5-13/h3H,1-2H2. The second-order valence-corrected chi connectivity index (χ2v) is 5.25. The maximum atomic E-state index is 8.68. The van der Waals surface area contributed by atoms with Gasteiger partial charge in [0.25, 0.3) is 0 Å². The third-order valence-electron chi connectivity index (χ3n) is 1.90. The largest absolute Gasteiger partial charge is 0.485 e. The summed E-state index contributed by atoms with van der Waals surface area (Å²) in [7, 11) is 0. The van der Waals surface area contributed by atoms with Crippen LogP contribution in [0.25, 0.3) is 6.08 Å². The molecule has 16 heavy (non-hydrogen) atoms. The molecule has 0 unspecified atom stereocenters. The van der Waals surface area contributed by atoms with Gasteiger partial charge in [0.05, 0.1) is 4.88 Å². The smallest absolute Gasteiger partial charge is 0.187 e. The molecule has 0 amide bonds. The Hall–Kier alpha value is -1.50. The molecule has 0 aromatic carbocycles. The Morgan fingerprint density at radius 2 is 1.88 bits per heavy atom. The van der Waals surface area contributed by atoms with Crippen molar-refractivity contribution >= 4 is 33.3 Å². The zero-order valence-electron chi connectivity index (χ0n) is 7.99.